The molecule has 1 saturated carbocycles. The lowest BCUT2D eigenvalue weighted by Gasteiger charge is -2.26. The largest absolute Gasteiger partial charge is 0.393 e. The van der Waals surface area contributed by atoms with E-state index in [1.54, 1.807) is 0 Å². The van der Waals surface area contributed by atoms with E-state index < -0.39 is 0 Å². The fraction of sp³-hybridized carbons (Fsp3) is 0.611. The Hall–Kier alpha value is -1.59. The smallest absolute Gasteiger partial charge is 0.315 e. The molecule has 5 nitrogen and oxygen atoms in total. The second-order valence-corrected chi connectivity index (χ2v) is 6.47. The first-order valence-electron chi connectivity index (χ1n) is 8.47. The molecule has 2 rings (SSSR count). The third kappa shape index (κ3) is 7.01. The Morgan fingerprint density at radius 3 is 2.65 bits per heavy atom. The first-order chi connectivity index (χ1) is 11.1. The van der Waals surface area contributed by atoms with Crippen LogP contribution in [0.1, 0.15) is 38.2 Å². The molecule has 3 N–H and O–H groups in total. The molecule has 0 saturated heterocycles. The molecule has 1 fully saturated rings. The predicted molar refractivity (Wildman–Crippen MR) is 90.1 cm³/mol. The Morgan fingerprint density at radius 1 is 1.26 bits per heavy atom. The number of benzene rings is 1. The number of rotatable bonds is 7. The summed E-state index contributed by atoms with van der Waals surface area (Å²) in [7, 11) is 0. The summed E-state index contributed by atoms with van der Waals surface area (Å²) in [5.41, 5.74) is 1.16. The quantitative estimate of drug-likeness (QED) is 0.723. The van der Waals surface area contributed by atoms with E-state index in [0.717, 1.165) is 31.2 Å². The zero-order valence-corrected chi connectivity index (χ0v) is 13.8. The standard InChI is InChI=1S/C18H28N2O3/c1-14(12-23-13-15-5-3-2-4-6-15)11-19-18(22)20-16-7-9-17(21)10-8-16/h2-6,14,16-17,21H,7-13H2,1H3,(H2,19,20,22). The molecule has 128 valence electrons. The highest BCUT2D eigenvalue weighted by molar-refractivity contribution is 5.74. The van der Waals surface area contributed by atoms with Gasteiger partial charge in [0.25, 0.3) is 0 Å². The second kappa shape index (κ2) is 9.53. The fourth-order valence-electron chi connectivity index (χ4n) is 2.73. The number of aliphatic hydroxyl groups is 1. The number of carbonyl (C=O) groups excluding carboxylic acids is 1. The molecule has 0 spiro atoms. The zero-order chi connectivity index (χ0) is 16.5. The first-order valence-corrected chi connectivity index (χ1v) is 8.47. The van der Waals surface area contributed by atoms with Crippen molar-refractivity contribution in [1.82, 2.24) is 10.6 Å². The predicted octanol–water partition coefficient (Wildman–Crippen LogP) is 2.44. The van der Waals surface area contributed by atoms with Crippen LogP contribution in [0.3, 0.4) is 0 Å². The number of hydrogen-bond acceptors (Lipinski definition) is 3. The molecule has 0 heterocycles. The highest BCUT2D eigenvalue weighted by atomic mass is 16.5. The minimum Gasteiger partial charge on any atom is -0.393 e. The molecule has 23 heavy (non-hydrogen) atoms. The van der Waals surface area contributed by atoms with Crippen LogP contribution in [0.5, 0.6) is 0 Å². The minimum atomic E-state index is -0.196. The Kier molecular flexibility index (Phi) is 7.36. The Morgan fingerprint density at radius 2 is 1.96 bits per heavy atom. The molecule has 0 aliphatic heterocycles. The van der Waals surface area contributed by atoms with Gasteiger partial charge in [-0.3, -0.25) is 0 Å². The topological polar surface area (TPSA) is 70.6 Å². The molecule has 1 aromatic rings. The van der Waals surface area contributed by atoms with Crippen molar-refractivity contribution in [3.63, 3.8) is 0 Å². The average molecular weight is 320 g/mol. The monoisotopic (exact) mass is 320 g/mol. The summed E-state index contributed by atoms with van der Waals surface area (Å²) in [5, 5.41) is 15.3. The normalized spacial score (nSPS) is 22.3. The summed E-state index contributed by atoms with van der Waals surface area (Å²) in [6.45, 7) is 3.87. The van der Waals surface area contributed by atoms with Crippen LogP contribution in [-0.2, 0) is 11.3 Å². The van der Waals surface area contributed by atoms with Crippen molar-refractivity contribution in [2.75, 3.05) is 13.2 Å². The molecule has 0 bridgehead atoms. The van der Waals surface area contributed by atoms with Crippen molar-refractivity contribution in [3.8, 4) is 0 Å². The Labute approximate surface area is 138 Å². The molecular weight excluding hydrogens is 292 g/mol. The number of ether oxygens (including phenoxy) is 1. The molecule has 1 aliphatic carbocycles. The van der Waals surface area contributed by atoms with E-state index in [0.29, 0.717) is 19.8 Å². The van der Waals surface area contributed by atoms with Gasteiger partial charge < -0.3 is 20.5 Å². The van der Waals surface area contributed by atoms with Gasteiger partial charge in [0.2, 0.25) is 0 Å². The summed E-state index contributed by atoms with van der Waals surface area (Å²) in [5.74, 6) is 0.262. The number of urea groups is 1. The number of hydrogen-bond donors (Lipinski definition) is 3. The van der Waals surface area contributed by atoms with Gasteiger partial charge >= 0.3 is 6.03 Å². The van der Waals surface area contributed by atoms with Gasteiger partial charge in [-0.1, -0.05) is 37.3 Å². The maximum Gasteiger partial charge on any atom is 0.315 e. The maximum atomic E-state index is 11.9. The molecule has 0 radical (unpaired) electrons. The second-order valence-electron chi connectivity index (χ2n) is 6.47. The third-order valence-electron chi connectivity index (χ3n) is 4.16. The van der Waals surface area contributed by atoms with Crippen molar-refractivity contribution < 1.29 is 14.6 Å². The third-order valence-corrected chi connectivity index (χ3v) is 4.16. The van der Waals surface area contributed by atoms with E-state index in [-0.39, 0.29) is 24.1 Å². The van der Waals surface area contributed by atoms with Crippen molar-refractivity contribution in [3.05, 3.63) is 35.9 Å². The van der Waals surface area contributed by atoms with Crippen LogP contribution in [0.4, 0.5) is 4.79 Å². The molecule has 1 aliphatic rings. The summed E-state index contributed by atoms with van der Waals surface area (Å²) in [6.07, 6.45) is 3.05. The first kappa shape index (κ1) is 17.8. The van der Waals surface area contributed by atoms with Gasteiger partial charge in [0, 0.05) is 12.6 Å². The van der Waals surface area contributed by atoms with E-state index in [2.05, 4.69) is 17.6 Å². The molecule has 0 aromatic heterocycles. The molecular formula is C18H28N2O3. The van der Waals surface area contributed by atoms with Crippen LogP contribution in [0.2, 0.25) is 0 Å². The maximum absolute atomic E-state index is 11.9. The van der Waals surface area contributed by atoms with Crippen molar-refractivity contribution in [1.29, 1.82) is 0 Å². The summed E-state index contributed by atoms with van der Waals surface area (Å²) < 4.78 is 5.68. The number of carbonyl (C=O) groups is 1. The zero-order valence-electron chi connectivity index (χ0n) is 13.8. The highest BCUT2D eigenvalue weighted by Crippen LogP contribution is 2.18. The van der Waals surface area contributed by atoms with Crippen molar-refractivity contribution in [2.45, 2.75) is 51.4 Å². The van der Waals surface area contributed by atoms with Crippen molar-refractivity contribution >= 4 is 6.03 Å². The summed E-state index contributed by atoms with van der Waals surface area (Å²) in [6, 6.07) is 10.1. The lowest BCUT2D eigenvalue weighted by atomic mass is 9.93. The van der Waals surface area contributed by atoms with Crippen LogP contribution >= 0.6 is 0 Å². The van der Waals surface area contributed by atoms with Crippen molar-refractivity contribution in [2.24, 2.45) is 5.92 Å². The SMILES string of the molecule is CC(CNC(=O)NC1CCC(O)CC1)COCc1ccccc1. The Balaban J connectivity index is 1.55. The van der Waals surface area contributed by atoms with Crippen LogP contribution in [0, 0.1) is 5.92 Å². The van der Waals surface area contributed by atoms with E-state index in [1.807, 2.05) is 30.3 Å². The van der Waals surface area contributed by atoms with Gasteiger partial charge in [-0.2, -0.15) is 0 Å². The van der Waals surface area contributed by atoms with Gasteiger partial charge in [-0.25, -0.2) is 4.79 Å². The van der Waals surface area contributed by atoms with Gasteiger partial charge in [-0.15, -0.1) is 0 Å². The number of aliphatic hydroxyl groups excluding tert-OH is 1. The van der Waals surface area contributed by atoms with E-state index in [4.69, 9.17) is 4.74 Å². The summed E-state index contributed by atoms with van der Waals surface area (Å²) >= 11 is 0. The van der Waals surface area contributed by atoms with Gasteiger partial charge in [0.05, 0.1) is 19.3 Å². The van der Waals surface area contributed by atoms with E-state index >= 15 is 0 Å². The van der Waals surface area contributed by atoms with Gasteiger partial charge in [0.15, 0.2) is 0 Å². The van der Waals surface area contributed by atoms with Crippen LogP contribution in [0.25, 0.3) is 0 Å². The molecule has 2 amide bonds. The lowest BCUT2D eigenvalue weighted by molar-refractivity contribution is 0.0921. The molecule has 1 aromatic carbocycles. The van der Waals surface area contributed by atoms with E-state index in [9.17, 15) is 9.90 Å². The van der Waals surface area contributed by atoms with Crippen LogP contribution in [-0.4, -0.2) is 36.4 Å². The summed E-state index contributed by atoms with van der Waals surface area (Å²) in [4.78, 5) is 11.9. The van der Waals surface area contributed by atoms with Crippen LogP contribution < -0.4 is 10.6 Å². The van der Waals surface area contributed by atoms with E-state index in [1.165, 1.54) is 0 Å². The molecule has 1 atom stereocenters. The fourth-order valence-corrected chi connectivity index (χ4v) is 2.73. The molecule has 5 heteroatoms. The molecule has 1 unspecified atom stereocenters. The number of nitrogens with one attached hydrogen (secondary N) is 2. The Bertz CT molecular complexity index is 459. The lowest BCUT2D eigenvalue weighted by Crippen LogP contribution is -2.45. The average Bonchev–Trinajstić information content (AvgIpc) is 2.56. The van der Waals surface area contributed by atoms with Gasteiger partial charge in [-0.05, 0) is 37.2 Å². The number of amides is 2. The highest BCUT2D eigenvalue weighted by Gasteiger charge is 2.20. The van der Waals surface area contributed by atoms with Gasteiger partial charge in [0.1, 0.15) is 0 Å². The van der Waals surface area contributed by atoms with Crippen LogP contribution in [0.15, 0.2) is 30.3 Å². The minimum absolute atomic E-state index is 0.124.